The van der Waals surface area contributed by atoms with Crippen LogP contribution in [0.2, 0.25) is 0 Å². The van der Waals surface area contributed by atoms with Gasteiger partial charge in [-0.05, 0) is 48.6 Å². The molecule has 2 aromatic carbocycles. The number of nitrogens with one attached hydrogen (secondary N) is 2. The SMILES string of the molecule is CC(=O)Nc1ccc(-c2ccc(CC[C@](C)(C(=O)NO)S(C)(=O)=O)cc2)cc1. The Balaban J connectivity index is 2.12. The van der Waals surface area contributed by atoms with E-state index in [-0.39, 0.29) is 12.3 Å². The van der Waals surface area contributed by atoms with Crippen LogP contribution in [0.3, 0.4) is 0 Å². The van der Waals surface area contributed by atoms with Gasteiger partial charge in [0, 0.05) is 18.9 Å². The molecule has 28 heavy (non-hydrogen) atoms. The van der Waals surface area contributed by atoms with Gasteiger partial charge in [-0.25, -0.2) is 13.9 Å². The lowest BCUT2D eigenvalue weighted by molar-refractivity contribution is -0.131. The van der Waals surface area contributed by atoms with Gasteiger partial charge < -0.3 is 5.32 Å². The van der Waals surface area contributed by atoms with E-state index in [9.17, 15) is 18.0 Å². The van der Waals surface area contributed by atoms with Crippen molar-refractivity contribution in [1.82, 2.24) is 5.48 Å². The van der Waals surface area contributed by atoms with E-state index in [4.69, 9.17) is 5.21 Å². The molecule has 150 valence electrons. The van der Waals surface area contributed by atoms with Crippen LogP contribution in [0.25, 0.3) is 11.1 Å². The Hall–Kier alpha value is -2.71. The molecule has 2 aromatic rings. The van der Waals surface area contributed by atoms with Crippen LogP contribution in [0.15, 0.2) is 48.5 Å². The van der Waals surface area contributed by atoms with E-state index in [1.54, 1.807) is 0 Å². The highest BCUT2D eigenvalue weighted by molar-refractivity contribution is 7.92. The van der Waals surface area contributed by atoms with E-state index in [0.717, 1.165) is 28.6 Å². The number of benzene rings is 2. The van der Waals surface area contributed by atoms with E-state index in [0.29, 0.717) is 6.42 Å². The smallest absolute Gasteiger partial charge is 0.264 e. The first-order valence-electron chi connectivity index (χ1n) is 8.68. The number of sulfone groups is 1. The second-order valence-corrected chi connectivity index (χ2v) is 9.34. The fourth-order valence-electron chi connectivity index (χ4n) is 2.78. The lowest BCUT2D eigenvalue weighted by Gasteiger charge is -2.25. The van der Waals surface area contributed by atoms with E-state index < -0.39 is 20.5 Å². The molecule has 2 amide bonds. The highest BCUT2D eigenvalue weighted by Gasteiger charge is 2.43. The van der Waals surface area contributed by atoms with Crippen molar-refractivity contribution < 1.29 is 23.2 Å². The van der Waals surface area contributed by atoms with E-state index in [2.05, 4.69) is 5.32 Å². The lowest BCUT2D eigenvalue weighted by Crippen LogP contribution is -2.49. The van der Waals surface area contributed by atoms with Crippen LogP contribution in [0.4, 0.5) is 5.69 Å². The molecule has 3 N–H and O–H groups in total. The summed E-state index contributed by atoms with van der Waals surface area (Å²) in [6.07, 6.45) is 1.39. The van der Waals surface area contributed by atoms with Gasteiger partial charge in [0.2, 0.25) is 5.91 Å². The Morgan fingerprint density at radius 3 is 1.93 bits per heavy atom. The van der Waals surface area contributed by atoms with Gasteiger partial charge in [0.15, 0.2) is 9.84 Å². The normalized spacial score (nSPS) is 13.4. The third-order valence-corrected chi connectivity index (χ3v) is 6.81. The Morgan fingerprint density at radius 2 is 1.50 bits per heavy atom. The molecule has 0 spiro atoms. The zero-order valence-electron chi connectivity index (χ0n) is 16.0. The number of carbonyl (C=O) groups excluding carboxylic acids is 2. The summed E-state index contributed by atoms with van der Waals surface area (Å²) in [6, 6.07) is 15.0. The molecule has 0 saturated carbocycles. The highest BCUT2D eigenvalue weighted by Crippen LogP contribution is 2.26. The highest BCUT2D eigenvalue weighted by atomic mass is 32.2. The zero-order chi connectivity index (χ0) is 20.9. The van der Waals surface area contributed by atoms with Crippen LogP contribution in [0.5, 0.6) is 0 Å². The fraction of sp³-hybridized carbons (Fsp3) is 0.300. The minimum Gasteiger partial charge on any atom is -0.326 e. The maximum atomic E-state index is 12.0. The number of rotatable bonds is 7. The van der Waals surface area contributed by atoms with Crippen molar-refractivity contribution in [3.8, 4) is 11.1 Å². The molecule has 0 aromatic heterocycles. The summed E-state index contributed by atoms with van der Waals surface area (Å²) < 4.78 is 22.3. The Labute approximate surface area is 164 Å². The largest absolute Gasteiger partial charge is 0.326 e. The van der Waals surface area contributed by atoms with Crippen LogP contribution in [0.1, 0.15) is 25.8 Å². The maximum Gasteiger partial charge on any atom is 0.264 e. The van der Waals surface area contributed by atoms with Gasteiger partial charge in [0.1, 0.15) is 4.75 Å². The lowest BCUT2D eigenvalue weighted by atomic mass is 9.97. The average Bonchev–Trinajstić information content (AvgIpc) is 2.65. The first-order valence-corrected chi connectivity index (χ1v) is 10.6. The van der Waals surface area contributed by atoms with Crippen molar-refractivity contribution in [2.45, 2.75) is 31.4 Å². The molecule has 0 radical (unpaired) electrons. The number of hydrogen-bond donors (Lipinski definition) is 3. The maximum absolute atomic E-state index is 12.0. The summed E-state index contributed by atoms with van der Waals surface area (Å²) in [5.74, 6) is -1.07. The van der Waals surface area contributed by atoms with Gasteiger partial charge in [-0.1, -0.05) is 36.4 Å². The molecule has 0 aliphatic carbocycles. The van der Waals surface area contributed by atoms with Crippen LogP contribution in [-0.2, 0) is 25.8 Å². The summed E-state index contributed by atoms with van der Waals surface area (Å²) in [5, 5.41) is 11.6. The van der Waals surface area contributed by atoms with Crippen molar-refractivity contribution in [1.29, 1.82) is 0 Å². The van der Waals surface area contributed by atoms with Crippen molar-refractivity contribution >= 4 is 27.3 Å². The van der Waals surface area contributed by atoms with E-state index >= 15 is 0 Å². The molecule has 0 aliphatic rings. The monoisotopic (exact) mass is 404 g/mol. The number of aryl methyl sites for hydroxylation is 1. The Morgan fingerprint density at radius 1 is 1.00 bits per heavy atom. The number of anilines is 1. The van der Waals surface area contributed by atoms with Gasteiger partial charge in [-0.15, -0.1) is 0 Å². The van der Waals surface area contributed by atoms with Crippen LogP contribution < -0.4 is 10.8 Å². The standard InChI is InChI=1S/C20H24N2O5S/c1-14(23)21-18-10-8-17(9-11-18)16-6-4-15(5-7-16)12-13-20(2,19(24)22-25)28(3,26)27/h4-11,25H,12-13H2,1-3H3,(H,21,23)(H,22,24)/t20-/m1/s1. The number of hydroxylamine groups is 1. The van der Waals surface area contributed by atoms with Crippen LogP contribution in [-0.4, -0.2) is 36.4 Å². The molecule has 0 bridgehead atoms. The summed E-state index contributed by atoms with van der Waals surface area (Å²) in [4.78, 5) is 22.9. The van der Waals surface area contributed by atoms with E-state index in [1.807, 2.05) is 48.5 Å². The molecule has 0 aliphatic heterocycles. The molecule has 0 saturated heterocycles. The molecule has 0 unspecified atom stereocenters. The number of amides is 2. The minimum atomic E-state index is -3.71. The van der Waals surface area contributed by atoms with E-state index in [1.165, 1.54) is 19.3 Å². The fourth-order valence-corrected chi connectivity index (χ4v) is 3.64. The van der Waals surface area contributed by atoms with Gasteiger partial charge in [0.05, 0.1) is 0 Å². The van der Waals surface area contributed by atoms with Crippen molar-refractivity contribution in [2.24, 2.45) is 0 Å². The topological polar surface area (TPSA) is 113 Å². The molecule has 0 fully saturated rings. The third-order valence-electron chi connectivity index (χ3n) is 4.78. The molecule has 2 rings (SSSR count). The van der Waals surface area contributed by atoms with Crippen LogP contribution >= 0.6 is 0 Å². The summed E-state index contributed by atoms with van der Waals surface area (Å²) in [7, 11) is -3.71. The molecule has 7 nitrogen and oxygen atoms in total. The summed E-state index contributed by atoms with van der Waals surface area (Å²) in [6.45, 7) is 2.75. The van der Waals surface area contributed by atoms with Crippen molar-refractivity contribution in [3.63, 3.8) is 0 Å². The van der Waals surface area contributed by atoms with Gasteiger partial charge >= 0.3 is 0 Å². The van der Waals surface area contributed by atoms with Crippen molar-refractivity contribution in [2.75, 3.05) is 11.6 Å². The first-order chi connectivity index (χ1) is 13.1. The third kappa shape index (κ3) is 4.96. The Bertz CT molecular complexity index is 953. The first kappa shape index (κ1) is 21.6. The number of hydrogen-bond acceptors (Lipinski definition) is 5. The Kier molecular flexibility index (Phi) is 6.58. The molecule has 1 atom stereocenters. The summed E-state index contributed by atoms with van der Waals surface area (Å²) >= 11 is 0. The molecular formula is C20H24N2O5S. The average molecular weight is 404 g/mol. The predicted molar refractivity (Wildman–Crippen MR) is 108 cm³/mol. The summed E-state index contributed by atoms with van der Waals surface area (Å²) in [5.41, 5.74) is 4.99. The van der Waals surface area contributed by atoms with Gasteiger partial charge in [0.25, 0.3) is 5.91 Å². The second-order valence-electron chi connectivity index (χ2n) is 6.90. The molecule has 0 heterocycles. The van der Waals surface area contributed by atoms with Gasteiger partial charge in [-0.2, -0.15) is 0 Å². The predicted octanol–water partition coefficient (Wildman–Crippen LogP) is 2.55. The molecule has 8 heteroatoms. The minimum absolute atomic E-state index is 0.0446. The van der Waals surface area contributed by atoms with Crippen LogP contribution in [0, 0.1) is 0 Å². The number of carbonyl (C=O) groups is 2. The van der Waals surface area contributed by atoms with Gasteiger partial charge in [-0.3, -0.25) is 14.8 Å². The molecular weight excluding hydrogens is 380 g/mol. The second kappa shape index (κ2) is 8.53. The zero-order valence-corrected chi connectivity index (χ0v) is 16.8. The quantitative estimate of drug-likeness (QED) is 0.485. The van der Waals surface area contributed by atoms with Crippen molar-refractivity contribution in [3.05, 3.63) is 54.1 Å².